The van der Waals surface area contributed by atoms with E-state index >= 15 is 0 Å². The first-order valence-electron chi connectivity index (χ1n) is 8.73. The lowest BCUT2D eigenvalue weighted by Gasteiger charge is -2.15. The first-order valence-corrected chi connectivity index (χ1v) is 9.53. The predicted molar refractivity (Wildman–Crippen MR) is 108 cm³/mol. The van der Waals surface area contributed by atoms with Gasteiger partial charge in [0.2, 0.25) is 5.95 Å². The highest BCUT2D eigenvalue weighted by atomic mass is 79.9. The number of benzene rings is 1. The summed E-state index contributed by atoms with van der Waals surface area (Å²) in [4.78, 5) is 11.5. The van der Waals surface area contributed by atoms with Gasteiger partial charge >= 0.3 is 0 Å². The fourth-order valence-corrected chi connectivity index (χ4v) is 3.51. The first kappa shape index (κ1) is 18.1. The number of halogens is 1. The van der Waals surface area contributed by atoms with E-state index in [1.54, 1.807) is 0 Å². The van der Waals surface area contributed by atoms with Crippen molar-refractivity contribution in [2.75, 3.05) is 37.8 Å². The second-order valence-corrected chi connectivity index (χ2v) is 7.96. The van der Waals surface area contributed by atoms with Crippen molar-refractivity contribution in [1.29, 1.82) is 0 Å². The second-order valence-electron chi connectivity index (χ2n) is 7.05. The van der Waals surface area contributed by atoms with E-state index in [4.69, 9.17) is 4.98 Å². The van der Waals surface area contributed by atoms with Gasteiger partial charge < -0.3 is 15.5 Å². The average Bonchev–Trinajstić information content (AvgIpc) is 3.35. The lowest BCUT2D eigenvalue weighted by atomic mass is 10.1. The molecule has 1 heterocycles. The zero-order valence-corrected chi connectivity index (χ0v) is 16.9. The predicted octanol–water partition coefficient (Wildman–Crippen LogP) is 4.45. The monoisotopic (exact) mass is 403 g/mol. The molecule has 1 aromatic carbocycles. The van der Waals surface area contributed by atoms with E-state index in [1.165, 1.54) is 24.0 Å². The van der Waals surface area contributed by atoms with Crippen LogP contribution in [0.3, 0.4) is 0 Å². The Morgan fingerprint density at radius 2 is 1.80 bits per heavy atom. The van der Waals surface area contributed by atoms with Crippen LogP contribution in [-0.4, -0.2) is 42.1 Å². The van der Waals surface area contributed by atoms with Crippen LogP contribution in [0, 0.1) is 13.8 Å². The van der Waals surface area contributed by atoms with E-state index in [2.05, 4.69) is 82.6 Å². The van der Waals surface area contributed by atoms with Crippen LogP contribution < -0.4 is 10.6 Å². The molecule has 1 saturated carbocycles. The molecule has 1 aliphatic carbocycles. The number of anilines is 3. The van der Waals surface area contributed by atoms with Gasteiger partial charge in [-0.25, -0.2) is 4.98 Å². The molecule has 5 nitrogen and oxygen atoms in total. The van der Waals surface area contributed by atoms with Gasteiger partial charge in [-0.3, -0.25) is 0 Å². The molecule has 0 spiro atoms. The van der Waals surface area contributed by atoms with Crippen molar-refractivity contribution in [3.8, 4) is 0 Å². The summed E-state index contributed by atoms with van der Waals surface area (Å²) in [6.07, 6.45) is 2.45. The van der Waals surface area contributed by atoms with E-state index in [9.17, 15) is 0 Å². The van der Waals surface area contributed by atoms with Crippen LogP contribution in [-0.2, 0) is 0 Å². The van der Waals surface area contributed by atoms with E-state index < -0.39 is 0 Å². The Labute approximate surface area is 158 Å². The Kier molecular flexibility index (Phi) is 5.59. The summed E-state index contributed by atoms with van der Waals surface area (Å²) >= 11 is 3.56. The topological polar surface area (TPSA) is 53.1 Å². The van der Waals surface area contributed by atoms with Gasteiger partial charge in [-0.2, -0.15) is 4.98 Å². The third-order valence-corrected chi connectivity index (χ3v) is 4.79. The highest BCUT2D eigenvalue weighted by Crippen LogP contribution is 2.40. The molecule has 134 valence electrons. The van der Waals surface area contributed by atoms with Crippen molar-refractivity contribution in [2.24, 2.45) is 0 Å². The Hall–Kier alpha value is -1.66. The minimum Gasteiger partial charge on any atom is -0.353 e. The molecule has 25 heavy (non-hydrogen) atoms. The average molecular weight is 404 g/mol. The minimum atomic E-state index is 0.588. The van der Waals surface area contributed by atoms with Crippen molar-refractivity contribution in [1.82, 2.24) is 14.9 Å². The molecule has 1 aliphatic rings. The zero-order chi connectivity index (χ0) is 18.0. The van der Waals surface area contributed by atoms with Crippen LogP contribution in [0.15, 0.2) is 22.7 Å². The second kappa shape index (κ2) is 7.70. The molecule has 2 aromatic rings. The van der Waals surface area contributed by atoms with E-state index in [0.29, 0.717) is 11.9 Å². The van der Waals surface area contributed by atoms with Crippen molar-refractivity contribution in [3.05, 3.63) is 39.5 Å². The van der Waals surface area contributed by atoms with Gasteiger partial charge in [-0.15, -0.1) is 0 Å². The maximum atomic E-state index is 4.70. The van der Waals surface area contributed by atoms with Crippen molar-refractivity contribution in [2.45, 2.75) is 32.6 Å². The molecule has 2 N–H and O–H groups in total. The van der Waals surface area contributed by atoms with Crippen molar-refractivity contribution in [3.63, 3.8) is 0 Å². The molecule has 6 heteroatoms. The van der Waals surface area contributed by atoms with Crippen LogP contribution in [0.1, 0.15) is 35.6 Å². The molecule has 0 aliphatic heterocycles. The van der Waals surface area contributed by atoms with Gasteiger partial charge in [0.1, 0.15) is 5.82 Å². The van der Waals surface area contributed by atoms with Crippen LogP contribution in [0.25, 0.3) is 0 Å². The number of rotatable bonds is 7. The lowest BCUT2D eigenvalue weighted by Crippen LogP contribution is -2.21. The van der Waals surface area contributed by atoms with Crippen LogP contribution in [0.2, 0.25) is 0 Å². The molecule has 1 aromatic heterocycles. The number of hydrogen-bond acceptors (Lipinski definition) is 5. The Balaban J connectivity index is 1.84. The lowest BCUT2D eigenvalue weighted by molar-refractivity contribution is 0.425. The minimum absolute atomic E-state index is 0.588. The van der Waals surface area contributed by atoms with Gasteiger partial charge in [-0.1, -0.05) is 15.9 Å². The van der Waals surface area contributed by atoms with Gasteiger partial charge in [0.15, 0.2) is 0 Å². The summed E-state index contributed by atoms with van der Waals surface area (Å²) in [5.74, 6) is 2.16. The smallest absolute Gasteiger partial charge is 0.224 e. The zero-order valence-electron chi connectivity index (χ0n) is 15.4. The molecule has 1 fully saturated rings. The quantitative estimate of drug-likeness (QED) is 0.714. The summed E-state index contributed by atoms with van der Waals surface area (Å²) in [6, 6.07) is 6.33. The number of nitrogens with one attached hydrogen (secondary N) is 2. The summed E-state index contributed by atoms with van der Waals surface area (Å²) in [5.41, 5.74) is 4.64. The number of nitrogens with zero attached hydrogens (tertiary/aromatic N) is 3. The number of aromatic nitrogens is 2. The molecule has 3 rings (SSSR count). The number of aryl methyl sites for hydroxylation is 2. The standard InChI is InChI=1S/C19H26BrN5/c1-12-9-15(20)10-13(2)18(12)23-17-11-16(14-5-6-14)22-19(24-17)21-7-8-25(3)4/h9-11,14H,5-8H2,1-4H3,(H2,21,22,23,24). The Morgan fingerprint density at radius 1 is 1.12 bits per heavy atom. The number of hydrogen-bond donors (Lipinski definition) is 2. The van der Waals surface area contributed by atoms with Crippen LogP contribution >= 0.6 is 15.9 Å². The molecular formula is C19H26BrN5. The number of likely N-dealkylation sites (N-methyl/N-ethyl adjacent to an activating group) is 1. The van der Waals surface area contributed by atoms with Crippen LogP contribution in [0.5, 0.6) is 0 Å². The molecule has 0 atom stereocenters. The molecular weight excluding hydrogens is 378 g/mol. The normalized spacial score (nSPS) is 14.0. The largest absolute Gasteiger partial charge is 0.353 e. The summed E-state index contributed by atoms with van der Waals surface area (Å²) in [5, 5.41) is 6.86. The van der Waals surface area contributed by atoms with E-state index in [0.717, 1.165) is 34.8 Å². The highest BCUT2D eigenvalue weighted by molar-refractivity contribution is 9.10. The third kappa shape index (κ3) is 4.92. The van der Waals surface area contributed by atoms with E-state index in [1.807, 2.05) is 0 Å². The van der Waals surface area contributed by atoms with Gasteiger partial charge in [0.25, 0.3) is 0 Å². The summed E-state index contributed by atoms with van der Waals surface area (Å²) in [6.45, 7) is 6.00. The van der Waals surface area contributed by atoms with Gasteiger partial charge in [0.05, 0.1) is 5.69 Å². The Morgan fingerprint density at radius 3 is 2.40 bits per heavy atom. The molecule has 0 unspecified atom stereocenters. The van der Waals surface area contributed by atoms with Crippen molar-refractivity contribution >= 4 is 33.4 Å². The maximum Gasteiger partial charge on any atom is 0.224 e. The Bertz CT molecular complexity index is 732. The third-order valence-electron chi connectivity index (χ3n) is 4.33. The SMILES string of the molecule is Cc1cc(Br)cc(C)c1Nc1cc(C2CC2)nc(NCCN(C)C)n1. The molecule has 0 saturated heterocycles. The molecule has 0 bridgehead atoms. The van der Waals surface area contributed by atoms with Crippen LogP contribution in [0.4, 0.5) is 17.5 Å². The first-order chi connectivity index (χ1) is 11.9. The van der Waals surface area contributed by atoms with Crippen molar-refractivity contribution < 1.29 is 0 Å². The van der Waals surface area contributed by atoms with Gasteiger partial charge in [-0.05, 0) is 64.0 Å². The highest BCUT2D eigenvalue weighted by Gasteiger charge is 2.26. The fraction of sp³-hybridized carbons (Fsp3) is 0.474. The maximum absolute atomic E-state index is 4.70. The fourth-order valence-electron chi connectivity index (χ4n) is 2.82. The molecule has 0 radical (unpaired) electrons. The van der Waals surface area contributed by atoms with Gasteiger partial charge in [0, 0.05) is 35.2 Å². The summed E-state index contributed by atoms with van der Waals surface area (Å²) < 4.78 is 1.10. The summed E-state index contributed by atoms with van der Waals surface area (Å²) in [7, 11) is 4.13. The molecule has 0 amide bonds. The van der Waals surface area contributed by atoms with E-state index in [-0.39, 0.29) is 0 Å².